The molecular weight excluding hydrogens is 363 g/mol. The molecule has 0 spiro atoms. The van der Waals surface area contributed by atoms with Crippen molar-refractivity contribution >= 4 is 18.8 Å². The SMILES string of the molecule is CC(C)=C[CH2][Sn]([CH2]C=C(C)C)([CH2]C=C(C)C)[O]C(C)(C)C. The van der Waals surface area contributed by atoms with Crippen LogP contribution in [0.1, 0.15) is 62.3 Å². The first kappa shape index (κ1) is 21.0. The van der Waals surface area contributed by atoms with Crippen LogP contribution in [0, 0.1) is 0 Å². The predicted octanol–water partition coefficient (Wildman–Crippen LogP) is 6.65. The molecule has 0 atom stereocenters. The Morgan fingerprint density at radius 2 is 1.00 bits per heavy atom. The summed E-state index contributed by atoms with van der Waals surface area (Å²) in [5.41, 5.74) is 4.17. The van der Waals surface area contributed by atoms with E-state index in [0.29, 0.717) is 0 Å². The zero-order valence-electron chi connectivity index (χ0n) is 15.8. The molecule has 0 aliphatic carbocycles. The number of hydrogen-bond donors (Lipinski definition) is 0. The third kappa shape index (κ3) is 11.2. The van der Waals surface area contributed by atoms with Gasteiger partial charge in [-0.1, -0.05) is 0 Å². The van der Waals surface area contributed by atoms with Crippen molar-refractivity contribution < 1.29 is 3.07 Å². The summed E-state index contributed by atoms with van der Waals surface area (Å²) in [5.74, 6) is 0. The Bertz CT molecular complexity index is 345. The molecule has 0 saturated heterocycles. The van der Waals surface area contributed by atoms with Crippen molar-refractivity contribution in [1.82, 2.24) is 0 Å². The molecule has 21 heavy (non-hydrogen) atoms. The van der Waals surface area contributed by atoms with Gasteiger partial charge in [-0.2, -0.15) is 0 Å². The van der Waals surface area contributed by atoms with Crippen LogP contribution in [0.5, 0.6) is 0 Å². The first-order valence-electron chi connectivity index (χ1n) is 8.06. The van der Waals surface area contributed by atoms with Gasteiger partial charge in [-0.15, -0.1) is 0 Å². The normalized spacial score (nSPS) is 11.9. The molecule has 0 fully saturated rings. The Hall–Kier alpha value is -0.0213. The second kappa shape index (κ2) is 9.19. The van der Waals surface area contributed by atoms with Gasteiger partial charge in [0.05, 0.1) is 0 Å². The second-order valence-corrected chi connectivity index (χ2v) is 18.7. The van der Waals surface area contributed by atoms with Gasteiger partial charge in [-0.3, -0.25) is 0 Å². The van der Waals surface area contributed by atoms with E-state index < -0.39 is 18.8 Å². The van der Waals surface area contributed by atoms with Gasteiger partial charge in [0.2, 0.25) is 0 Å². The fourth-order valence-electron chi connectivity index (χ4n) is 2.19. The van der Waals surface area contributed by atoms with Crippen molar-refractivity contribution in [3.05, 3.63) is 34.9 Å². The molecule has 122 valence electrons. The Morgan fingerprint density at radius 3 is 1.19 bits per heavy atom. The third-order valence-corrected chi connectivity index (χ3v) is 14.3. The van der Waals surface area contributed by atoms with Crippen molar-refractivity contribution in [2.45, 2.75) is 81.2 Å². The Labute approximate surface area is 138 Å². The van der Waals surface area contributed by atoms with Crippen molar-refractivity contribution in [3.63, 3.8) is 0 Å². The standard InChI is InChI=1S/3C5H9.C4H9O.Sn/c3*1-4-5(2)3;1-4(2,3)5;/h3*4H,1H2,2-3H3;1-3H3;/q;;;-1;+1. The predicted molar refractivity (Wildman–Crippen MR) is 99.3 cm³/mol. The molecule has 0 aliphatic heterocycles. The van der Waals surface area contributed by atoms with Crippen LogP contribution in [0.25, 0.3) is 0 Å². The van der Waals surface area contributed by atoms with Gasteiger partial charge in [0, 0.05) is 0 Å². The average molecular weight is 399 g/mol. The molecule has 2 heteroatoms. The number of allylic oxidation sites excluding steroid dienone is 6. The molecule has 1 nitrogen and oxygen atoms in total. The second-order valence-electron chi connectivity index (χ2n) is 7.85. The van der Waals surface area contributed by atoms with E-state index in [1.54, 1.807) is 0 Å². The van der Waals surface area contributed by atoms with Gasteiger partial charge in [0.1, 0.15) is 0 Å². The van der Waals surface area contributed by atoms with E-state index in [2.05, 4.69) is 80.5 Å². The van der Waals surface area contributed by atoms with Crippen LogP contribution < -0.4 is 0 Å². The molecule has 0 saturated carbocycles. The minimum atomic E-state index is -2.72. The summed E-state index contributed by atoms with van der Waals surface area (Å²) in [6, 6.07) is 0. The van der Waals surface area contributed by atoms with Crippen molar-refractivity contribution in [2.75, 3.05) is 0 Å². The molecule has 0 aromatic rings. The molecule has 0 rings (SSSR count). The molecule has 0 aromatic carbocycles. The number of rotatable bonds is 7. The zero-order chi connectivity index (χ0) is 16.7. The van der Waals surface area contributed by atoms with Gasteiger partial charge >= 0.3 is 138 Å². The van der Waals surface area contributed by atoms with E-state index in [-0.39, 0.29) is 5.60 Å². The number of hydrogen-bond acceptors (Lipinski definition) is 1. The summed E-state index contributed by atoms with van der Waals surface area (Å²) < 4.78 is 10.3. The van der Waals surface area contributed by atoms with E-state index in [4.69, 9.17) is 3.07 Å². The van der Waals surface area contributed by atoms with Crippen LogP contribution in [0.4, 0.5) is 0 Å². The summed E-state index contributed by atoms with van der Waals surface area (Å²) in [5, 5.41) is 0. The van der Waals surface area contributed by atoms with Crippen LogP contribution in [-0.4, -0.2) is 24.4 Å². The Kier molecular flexibility index (Phi) is 9.18. The molecule has 0 aromatic heterocycles. The van der Waals surface area contributed by atoms with Crippen LogP contribution >= 0.6 is 0 Å². The van der Waals surface area contributed by atoms with Crippen molar-refractivity contribution in [3.8, 4) is 0 Å². The van der Waals surface area contributed by atoms with Crippen molar-refractivity contribution in [2.24, 2.45) is 0 Å². The molecule has 0 aliphatic rings. The van der Waals surface area contributed by atoms with Gasteiger partial charge in [-0.25, -0.2) is 0 Å². The van der Waals surface area contributed by atoms with Gasteiger partial charge in [-0.05, 0) is 0 Å². The fourth-order valence-corrected chi connectivity index (χ4v) is 14.7. The average Bonchev–Trinajstić information content (AvgIpc) is 2.29. The summed E-state index contributed by atoms with van der Waals surface area (Å²) >= 11 is -2.72. The first-order chi connectivity index (χ1) is 9.46. The topological polar surface area (TPSA) is 9.23 Å². The maximum atomic E-state index is 6.75. The molecule has 0 unspecified atom stereocenters. The van der Waals surface area contributed by atoms with E-state index in [9.17, 15) is 0 Å². The van der Waals surface area contributed by atoms with E-state index >= 15 is 0 Å². The molecule has 0 radical (unpaired) electrons. The van der Waals surface area contributed by atoms with Crippen LogP contribution in [0.15, 0.2) is 34.9 Å². The summed E-state index contributed by atoms with van der Waals surface area (Å²) in [6.07, 6.45) is 7.21. The van der Waals surface area contributed by atoms with Gasteiger partial charge in [0.25, 0.3) is 0 Å². The monoisotopic (exact) mass is 400 g/mol. The quantitative estimate of drug-likeness (QED) is 0.344. The molecule has 0 bridgehead atoms. The van der Waals surface area contributed by atoms with Gasteiger partial charge in [0.15, 0.2) is 0 Å². The summed E-state index contributed by atoms with van der Waals surface area (Å²) in [6.45, 7) is 19.7. The molecule has 0 amide bonds. The van der Waals surface area contributed by atoms with E-state index in [1.165, 1.54) is 30.0 Å². The van der Waals surface area contributed by atoms with E-state index in [0.717, 1.165) is 0 Å². The molecule has 0 N–H and O–H groups in total. The summed E-state index contributed by atoms with van der Waals surface area (Å²) in [7, 11) is 0. The fraction of sp³-hybridized carbons (Fsp3) is 0.684. The minimum absolute atomic E-state index is 0.0451. The Morgan fingerprint density at radius 1 is 0.714 bits per heavy atom. The van der Waals surface area contributed by atoms with Crippen LogP contribution in [0.2, 0.25) is 13.3 Å². The molecule has 0 heterocycles. The van der Waals surface area contributed by atoms with Crippen LogP contribution in [-0.2, 0) is 3.07 Å². The first-order valence-corrected chi connectivity index (χ1v) is 15.3. The maximum absolute atomic E-state index is 6.75. The van der Waals surface area contributed by atoms with Crippen molar-refractivity contribution in [1.29, 1.82) is 0 Å². The Balaban J connectivity index is 5.50. The van der Waals surface area contributed by atoms with E-state index in [1.807, 2.05) is 0 Å². The van der Waals surface area contributed by atoms with Crippen LogP contribution in [0.3, 0.4) is 0 Å². The molecular formula is C19H36OSn. The summed E-state index contributed by atoms with van der Waals surface area (Å²) in [4.78, 5) is 0. The zero-order valence-corrected chi connectivity index (χ0v) is 18.6. The third-order valence-electron chi connectivity index (χ3n) is 3.17. The van der Waals surface area contributed by atoms with Gasteiger partial charge < -0.3 is 0 Å².